The summed E-state index contributed by atoms with van der Waals surface area (Å²) in [5, 5.41) is 3.60. The number of amides is 1. The van der Waals surface area contributed by atoms with Crippen molar-refractivity contribution < 1.29 is 18.7 Å². The number of carbonyl (C=O) groups is 1. The maximum atomic E-state index is 12.6. The topological polar surface area (TPSA) is 77.8 Å². The van der Waals surface area contributed by atoms with Gasteiger partial charge in [0.05, 0.1) is 14.2 Å². The van der Waals surface area contributed by atoms with Crippen LogP contribution in [-0.4, -0.2) is 20.1 Å². The van der Waals surface area contributed by atoms with Crippen molar-refractivity contribution in [2.75, 3.05) is 19.5 Å². The molecule has 1 heterocycles. The van der Waals surface area contributed by atoms with E-state index in [0.717, 1.165) is 10.9 Å². The Hall–Kier alpha value is -2.80. The van der Waals surface area contributed by atoms with E-state index < -0.39 is 5.63 Å². The van der Waals surface area contributed by atoms with Crippen LogP contribution in [-0.2, 0) is 0 Å². The largest absolute Gasteiger partial charge is 0.495 e. The molecule has 0 radical (unpaired) electrons. The highest BCUT2D eigenvalue weighted by Gasteiger charge is 2.15. The minimum absolute atomic E-state index is 0.344. The monoisotopic (exact) mass is 417 g/mol. The van der Waals surface area contributed by atoms with Crippen molar-refractivity contribution in [3.63, 3.8) is 0 Å². The van der Waals surface area contributed by atoms with Crippen molar-refractivity contribution in [3.05, 3.63) is 62.4 Å². The summed E-state index contributed by atoms with van der Waals surface area (Å²) in [5.41, 5.74) is 1.68. The first-order valence-corrected chi connectivity index (χ1v) is 8.49. The van der Waals surface area contributed by atoms with Crippen molar-refractivity contribution in [1.29, 1.82) is 0 Å². The number of hydrogen-bond donors (Lipinski definition) is 1. The van der Waals surface area contributed by atoms with Gasteiger partial charge in [-0.2, -0.15) is 0 Å². The molecule has 134 valence electrons. The molecule has 0 atom stereocenters. The third-order valence-corrected chi connectivity index (χ3v) is 4.70. The molecule has 0 aliphatic carbocycles. The second-order valence-electron chi connectivity index (χ2n) is 5.61. The van der Waals surface area contributed by atoms with E-state index >= 15 is 0 Å². The number of methoxy groups -OCH3 is 2. The van der Waals surface area contributed by atoms with Gasteiger partial charge in [0, 0.05) is 28.8 Å². The minimum Gasteiger partial charge on any atom is -0.495 e. The fraction of sp³-hybridized carbons (Fsp3) is 0.158. The van der Waals surface area contributed by atoms with Crippen LogP contribution in [0, 0.1) is 6.92 Å². The van der Waals surface area contributed by atoms with Gasteiger partial charge in [0.2, 0.25) is 0 Å². The van der Waals surface area contributed by atoms with Crippen molar-refractivity contribution in [2.45, 2.75) is 6.92 Å². The highest BCUT2D eigenvalue weighted by molar-refractivity contribution is 9.10. The molecule has 26 heavy (non-hydrogen) atoms. The van der Waals surface area contributed by atoms with Gasteiger partial charge < -0.3 is 19.2 Å². The predicted molar refractivity (Wildman–Crippen MR) is 102 cm³/mol. The zero-order valence-corrected chi connectivity index (χ0v) is 16.0. The Morgan fingerprint density at radius 2 is 1.73 bits per heavy atom. The van der Waals surface area contributed by atoms with Crippen LogP contribution in [0.4, 0.5) is 5.69 Å². The molecule has 2 aromatic carbocycles. The normalized spacial score (nSPS) is 10.6. The summed E-state index contributed by atoms with van der Waals surface area (Å²) in [4.78, 5) is 24.1. The van der Waals surface area contributed by atoms with Gasteiger partial charge in [-0.05, 0) is 52.7 Å². The van der Waals surface area contributed by atoms with E-state index in [1.165, 1.54) is 20.3 Å². The Labute approximate surface area is 157 Å². The lowest BCUT2D eigenvalue weighted by Gasteiger charge is -2.12. The zero-order valence-electron chi connectivity index (χ0n) is 14.4. The summed E-state index contributed by atoms with van der Waals surface area (Å²) in [6, 6.07) is 9.81. The predicted octanol–water partition coefficient (Wildman–Crippen LogP) is 4.13. The van der Waals surface area contributed by atoms with Gasteiger partial charge >= 0.3 is 5.63 Å². The molecule has 0 fully saturated rings. The van der Waals surface area contributed by atoms with E-state index in [2.05, 4.69) is 21.2 Å². The highest BCUT2D eigenvalue weighted by Crippen LogP contribution is 2.35. The SMILES string of the molecule is COc1cc(C(=O)Nc2ccc3c(C)cc(=O)oc3c2)cc(OC)c1Br. The van der Waals surface area contributed by atoms with E-state index in [-0.39, 0.29) is 5.91 Å². The van der Waals surface area contributed by atoms with Crippen LogP contribution in [0.3, 0.4) is 0 Å². The van der Waals surface area contributed by atoms with E-state index in [0.29, 0.717) is 32.8 Å². The van der Waals surface area contributed by atoms with Crippen LogP contribution in [0.2, 0.25) is 0 Å². The number of ether oxygens (including phenoxy) is 2. The lowest BCUT2D eigenvalue weighted by molar-refractivity contribution is 0.102. The molecule has 0 unspecified atom stereocenters. The molecule has 6 nitrogen and oxygen atoms in total. The average Bonchev–Trinajstić information content (AvgIpc) is 2.61. The average molecular weight is 418 g/mol. The molecule has 0 aliphatic rings. The van der Waals surface area contributed by atoms with Gasteiger partial charge in [0.1, 0.15) is 21.6 Å². The van der Waals surface area contributed by atoms with Crippen molar-refractivity contribution in [2.24, 2.45) is 0 Å². The molecule has 3 rings (SSSR count). The van der Waals surface area contributed by atoms with Crippen molar-refractivity contribution in [1.82, 2.24) is 0 Å². The quantitative estimate of drug-likeness (QED) is 0.645. The number of benzene rings is 2. The number of carbonyl (C=O) groups excluding carboxylic acids is 1. The van der Waals surface area contributed by atoms with Crippen LogP contribution in [0.25, 0.3) is 11.0 Å². The summed E-state index contributed by atoms with van der Waals surface area (Å²) < 4.78 is 16.3. The summed E-state index contributed by atoms with van der Waals surface area (Å²) in [7, 11) is 3.02. The Morgan fingerprint density at radius 1 is 1.08 bits per heavy atom. The molecule has 1 aromatic heterocycles. The lowest BCUT2D eigenvalue weighted by atomic mass is 10.1. The molecule has 0 saturated carbocycles. The van der Waals surface area contributed by atoms with Gasteiger partial charge in [-0.3, -0.25) is 4.79 Å². The number of hydrogen-bond acceptors (Lipinski definition) is 5. The number of rotatable bonds is 4. The standard InChI is InChI=1S/C19H16BrNO5/c1-10-6-17(22)26-14-9-12(4-5-13(10)14)21-19(23)11-7-15(24-2)18(20)16(8-11)25-3/h4-9H,1-3H3,(H,21,23). The van der Waals surface area contributed by atoms with Crippen LogP contribution in [0.5, 0.6) is 11.5 Å². The maximum Gasteiger partial charge on any atom is 0.336 e. The summed E-state index contributed by atoms with van der Waals surface area (Å²) in [6.07, 6.45) is 0. The molecule has 3 aromatic rings. The van der Waals surface area contributed by atoms with Crippen LogP contribution >= 0.6 is 15.9 Å². The Bertz CT molecular complexity index is 1030. The van der Waals surface area contributed by atoms with Gasteiger partial charge in [0.15, 0.2) is 0 Å². The van der Waals surface area contributed by atoms with Gasteiger partial charge in [-0.15, -0.1) is 0 Å². The Kier molecular flexibility index (Phi) is 4.99. The van der Waals surface area contributed by atoms with E-state index in [1.54, 1.807) is 30.3 Å². The first kappa shape index (κ1) is 18.0. The number of fused-ring (bicyclic) bond motifs is 1. The van der Waals surface area contributed by atoms with E-state index in [1.807, 2.05) is 6.92 Å². The number of halogens is 1. The smallest absolute Gasteiger partial charge is 0.336 e. The fourth-order valence-corrected chi connectivity index (χ4v) is 3.16. The molecule has 0 spiro atoms. The molecule has 0 bridgehead atoms. The summed E-state index contributed by atoms with van der Waals surface area (Å²) in [5.74, 6) is 0.618. The molecule has 0 aliphatic heterocycles. The Balaban J connectivity index is 1.95. The maximum absolute atomic E-state index is 12.6. The van der Waals surface area contributed by atoms with Gasteiger partial charge in [-0.25, -0.2) is 4.79 Å². The second-order valence-corrected chi connectivity index (χ2v) is 6.40. The van der Waals surface area contributed by atoms with Gasteiger partial charge in [0.25, 0.3) is 5.91 Å². The third-order valence-electron chi connectivity index (χ3n) is 3.92. The zero-order chi connectivity index (χ0) is 18.8. The Morgan fingerprint density at radius 3 is 2.35 bits per heavy atom. The lowest BCUT2D eigenvalue weighted by Crippen LogP contribution is -2.12. The second kappa shape index (κ2) is 7.21. The molecule has 7 heteroatoms. The van der Waals surface area contributed by atoms with Crippen LogP contribution < -0.4 is 20.4 Å². The first-order chi connectivity index (χ1) is 12.4. The van der Waals surface area contributed by atoms with E-state index in [4.69, 9.17) is 13.9 Å². The molecule has 0 saturated heterocycles. The summed E-state index contributed by atoms with van der Waals surface area (Å²) in [6.45, 7) is 1.83. The number of nitrogens with one attached hydrogen (secondary N) is 1. The minimum atomic E-state index is -0.430. The van der Waals surface area contributed by atoms with Crippen LogP contribution in [0.15, 0.2) is 50.1 Å². The van der Waals surface area contributed by atoms with E-state index in [9.17, 15) is 9.59 Å². The van der Waals surface area contributed by atoms with Crippen LogP contribution in [0.1, 0.15) is 15.9 Å². The van der Waals surface area contributed by atoms with Crippen molar-refractivity contribution >= 4 is 38.5 Å². The highest BCUT2D eigenvalue weighted by atomic mass is 79.9. The molecular formula is C19H16BrNO5. The molecule has 1 N–H and O–H groups in total. The molecular weight excluding hydrogens is 402 g/mol. The third kappa shape index (κ3) is 3.43. The van der Waals surface area contributed by atoms with Gasteiger partial charge in [-0.1, -0.05) is 0 Å². The first-order valence-electron chi connectivity index (χ1n) is 7.70. The van der Waals surface area contributed by atoms with Crippen molar-refractivity contribution in [3.8, 4) is 11.5 Å². The summed E-state index contributed by atoms with van der Waals surface area (Å²) >= 11 is 3.37. The number of aryl methyl sites for hydroxylation is 1. The fourth-order valence-electron chi connectivity index (χ4n) is 2.61. The molecule has 1 amide bonds. The number of anilines is 1.